The first-order chi connectivity index (χ1) is 12.3. The second-order valence-electron chi connectivity index (χ2n) is 6.68. The number of para-hydroxylation sites is 2. The predicted molar refractivity (Wildman–Crippen MR) is 96.6 cm³/mol. The summed E-state index contributed by atoms with van der Waals surface area (Å²) in [6.07, 6.45) is 4.67. The van der Waals surface area contributed by atoms with Gasteiger partial charge < -0.3 is 13.9 Å². The average molecular weight is 337 g/mol. The van der Waals surface area contributed by atoms with E-state index in [1.54, 1.807) is 18.4 Å². The van der Waals surface area contributed by atoms with Crippen molar-refractivity contribution in [1.29, 1.82) is 0 Å². The van der Waals surface area contributed by atoms with Gasteiger partial charge in [0.05, 0.1) is 17.3 Å². The van der Waals surface area contributed by atoms with Crippen LogP contribution >= 0.6 is 0 Å². The largest absolute Gasteiger partial charge is 0.459 e. The highest BCUT2D eigenvalue weighted by Crippen LogP contribution is 2.30. The van der Waals surface area contributed by atoms with Crippen LogP contribution in [0.2, 0.25) is 0 Å². The standard InChI is InChI=1S/C20H23N3O2/c1-2-11-23-17-9-4-3-8-16(17)21-19(23)15-7-5-12-22(14-15)20(24)18-10-6-13-25-18/h3-4,6,8-10,13,15H,2,5,7,11-12,14H2,1H3. The van der Waals surface area contributed by atoms with Crippen LogP contribution in [-0.4, -0.2) is 33.4 Å². The molecule has 1 aromatic carbocycles. The highest BCUT2D eigenvalue weighted by atomic mass is 16.3. The number of piperidine rings is 1. The van der Waals surface area contributed by atoms with Gasteiger partial charge in [0, 0.05) is 25.6 Å². The van der Waals surface area contributed by atoms with Crippen molar-refractivity contribution in [2.45, 2.75) is 38.6 Å². The van der Waals surface area contributed by atoms with E-state index in [2.05, 4.69) is 29.7 Å². The van der Waals surface area contributed by atoms with Gasteiger partial charge in [-0.05, 0) is 43.5 Å². The third kappa shape index (κ3) is 2.95. The smallest absolute Gasteiger partial charge is 0.289 e. The van der Waals surface area contributed by atoms with Gasteiger partial charge in [0.1, 0.15) is 5.82 Å². The number of amides is 1. The number of aryl methyl sites for hydroxylation is 1. The Morgan fingerprint density at radius 2 is 2.16 bits per heavy atom. The molecule has 0 spiro atoms. The Bertz CT molecular complexity index is 866. The highest BCUT2D eigenvalue weighted by Gasteiger charge is 2.29. The molecule has 1 saturated heterocycles. The number of benzene rings is 1. The summed E-state index contributed by atoms with van der Waals surface area (Å²) >= 11 is 0. The van der Waals surface area contributed by atoms with Gasteiger partial charge in [-0.25, -0.2) is 4.98 Å². The first-order valence-corrected chi connectivity index (χ1v) is 9.06. The number of rotatable bonds is 4. The fourth-order valence-electron chi connectivity index (χ4n) is 3.79. The maximum Gasteiger partial charge on any atom is 0.289 e. The molecule has 0 radical (unpaired) electrons. The summed E-state index contributed by atoms with van der Waals surface area (Å²) < 4.78 is 7.62. The van der Waals surface area contributed by atoms with Gasteiger partial charge in [0.2, 0.25) is 0 Å². The van der Waals surface area contributed by atoms with Gasteiger partial charge in [-0.1, -0.05) is 19.1 Å². The van der Waals surface area contributed by atoms with E-state index in [1.165, 1.54) is 5.52 Å². The molecule has 1 amide bonds. The lowest BCUT2D eigenvalue weighted by Crippen LogP contribution is -2.39. The second-order valence-corrected chi connectivity index (χ2v) is 6.68. The van der Waals surface area contributed by atoms with Crippen molar-refractivity contribution in [2.75, 3.05) is 13.1 Å². The molecule has 5 nitrogen and oxygen atoms in total. The van der Waals surface area contributed by atoms with Gasteiger partial charge in [0.25, 0.3) is 5.91 Å². The maximum absolute atomic E-state index is 12.6. The number of hydrogen-bond acceptors (Lipinski definition) is 3. The number of furan rings is 1. The number of carbonyl (C=O) groups excluding carboxylic acids is 1. The summed E-state index contributed by atoms with van der Waals surface area (Å²) in [5.41, 5.74) is 2.23. The van der Waals surface area contributed by atoms with Crippen molar-refractivity contribution >= 4 is 16.9 Å². The minimum Gasteiger partial charge on any atom is -0.459 e. The van der Waals surface area contributed by atoms with Crippen LogP contribution in [0.4, 0.5) is 0 Å². The Morgan fingerprint density at radius 1 is 1.28 bits per heavy atom. The van der Waals surface area contributed by atoms with Crippen LogP contribution < -0.4 is 0 Å². The van der Waals surface area contributed by atoms with Crippen molar-refractivity contribution in [3.05, 3.63) is 54.2 Å². The molecule has 0 saturated carbocycles. The summed E-state index contributed by atoms with van der Waals surface area (Å²) in [5.74, 6) is 1.78. The van der Waals surface area contributed by atoms with Crippen LogP contribution in [0.3, 0.4) is 0 Å². The quantitative estimate of drug-likeness (QED) is 0.721. The summed E-state index contributed by atoms with van der Waals surface area (Å²) in [6.45, 7) is 4.63. The molecule has 3 aromatic rings. The Balaban J connectivity index is 1.64. The topological polar surface area (TPSA) is 51.3 Å². The SMILES string of the molecule is CCCn1c(C2CCCN(C(=O)c3ccco3)C2)nc2ccccc21. The zero-order valence-corrected chi connectivity index (χ0v) is 14.5. The number of fused-ring (bicyclic) bond motifs is 1. The van der Waals surface area contributed by atoms with E-state index >= 15 is 0 Å². The lowest BCUT2D eigenvalue weighted by atomic mass is 9.96. The first-order valence-electron chi connectivity index (χ1n) is 9.06. The Kier molecular flexibility index (Phi) is 4.30. The monoisotopic (exact) mass is 337 g/mol. The van der Waals surface area contributed by atoms with Gasteiger partial charge in [-0.15, -0.1) is 0 Å². The average Bonchev–Trinajstić information content (AvgIpc) is 3.30. The Hall–Kier alpha value is -2.56. The normalized spacial score (nSPS) is 18.0. The fourth-order valence-corrected chi connectivity index (χ4v) is 3.79. The number of likely N-dealkylation sites (tertiary alicyclic amines) is 1. The lowest BCUT2D eigenvalue weighted by Gasteiger charge is -2.32. The molecular weight excluding hydrogens is 314 g/mol. The van der Waals surface area contributed by atoms with E-state index in [4.69, 9.17) is 9.40 Å². The van der Waals surface area contributed by atoms with Crippen LogP contribution in [0.1, 0.15) is 48.5 Å². The third-order valence-electron chi connectivity index (χ3n) is 4.94. The summed E-state index contributed by atoms with van der Waals surface area (Å²) in [4.78, 5) is 19.4. The zero-order valence-electron chi connectivity index (χ0n) is 14.5. The van der Waals surface area contributed by atoms with E-state index in [-0.39, 0.29) is 11.8 Å². The van der Waals surface area contributed by atoms with E-state index in [1.807, 2.05) is 11.0 Å². The van der Waals surface area contributed by atoms with E-state index in [0.717, 1.165) is 43.7 Å². The predicted octanol–water partition coefficient (Wildman–Crippen LogP) is 4.06. The van der Waals surface area contributed by atoms with Crippen molar-refractivity contribution in [1.82, 2.24) is 14.5 Å². The van der Waals surface area contributed by atoms with Crippen LogP contribution in [0.15, 0.2) is 47.1 Å². The molecule has 1 aliphatic heterocycles. The number of aromatic nitrogens is 2. The third-order valence-corrected chi connectivity index (χ3v) is 4.94. The van der Waals surface area contributed by atoms with Gasteiger partial charge in [-0.2, -0.15) is 0 Å². The van der Waals surface area contributed by atoms with Gasteiger partial charge in [0.15, 0.2) is 5.76 Å². The summed E-state index contributed by atoms with van der Waals surface area (Å²) in [5, 5.41) is 0. The molecule has 1 fully saturated rings. The number of carbonyl (C=O) groups is 1. The zero-order chi connectivity index (χ0) is 17.2. The van der Waals surface area contributed by atoms with Crippen LogP contribution in [-0.2, 0) is 6.54 Å². The maximum atomic E-state index is 12.6. The minimum atomic E-state index is -0.0205. The molecule has 0 bridgehead atoms. The van der Waals surface area contributed by atoms with Gasteiger partial charge in [-0.3, -0.25) is 4.79 Å². The summed E-state index contributed by atoms with van der Waals surface area (Å²) in [7, 11) is 0. The number of imidazole rings is 1. The first kappa shape index (κ1) is 15.9. The molecule has 0 N–H and O–H groups in total. The lowest BCUT2D eigenvalue weighted by molar-refractivity contribution is 0.0671. The fraction of sp³-hybridized carbons (Fsp3) is 0.400. The molecule has 3 heterocycles. The van der Waals surface area contributed by atoms with Crippen molar-refractivity contribution < 1.29 is 9.21 Å². The molecular formula is C20H23N3O2. The molecule has 5 heteroatoms. The second kappa shape index (κ2) is 6.75. The van der Waals surface area contributed by atoms with E-state index in [0.29, 0.717) is 12.3 Å². The van der Waals surface area contributed by atoms with Gasteiger partial charge >= 0.3 is 0 Å². The van der Waals surface area contributed by atoms with Crippen LogP contribution in [0, 0.1) is 0 Å². The van der Waals surface area contributed by atoms with Crippen molar-refractivity contribution in [3.63, 3.8) is 0 Å². The van der Waals surface area contributed by atoms with E-state index < -0.39 is 0 Å². The number of nitrogens with zero attached hydrogens (tertiary/aromatic N) is 3. The molecule has 1 aliphatic rings. The molecule has 1 atom stereocenters. The Morgan fingerprint density at radius 3 is 2.96 bits per heavy atom. The molecule has 1 unspecified atom stereocenters. The highest BCUT2D eigenvalue weighted by molar-refractivity contribution is 5.91. The summed E-state index contributed by atoms with van der Waals surface area (Å²) in [6, 6.07) is 11.8. The molecule has 4 rings (SSSR count). The molecule has 25 heavy (non-hydrogen) atoms. The van der Waals surface area contributed by atoms with Crippen molar-refractivity contribution in [3.8, 4) is 0 Å². The van der Waals surface area contributed by atoms with Crippen LogP contribution in [0.5, 0.6) is 0 Å². The van der Waals surface area contributed by atoms with Crippen LogP contribution in [0.25, 0.3) is 11.0 Å². The number of hydrogen-bond donors (Lipinski definition) is 0. The van der Waals surface area contributed by atoms with E-state index in [9.17, 15) is 4.79 Å². The molecule has 0 aliphatic carbocycles. The minimum absolute atomic E-state index is 0.0205. The van der Waals surface area contributed by atoms with Crippen molar-refractivity contribution in [2.24, 2.45) is 0 Å². The molecule has 130 valence electrons. The molecule has 2 aromatic heterocycles. The Labute approximate surface area is 147 Å².